The average Bonchev–Trinajstić information content (AvgIpc) is 2.61. The molecule has 6 nitrogen and oxygen atoms in total. The van der Waals surface area contributed by atoms with Crippen LogP contribution in [0.5, 0.6) is 0 Å². The van der Waals surface area contributed by atoms with E-state index in [4.69, 9.17) is 4.74 Å². The van der Waals surface area contributed by atoms with Gasteiger partial charge in [-0.1, -0.05) is 36.4 Å². The SMILES string of the molecule is CN(CC1Cc2ccccc2CO1)C(=O)c1ccccc1[N+](=O)[O-]. The number of likely N-dealkylation sites (N-methyl/N-ethyl adjacent to an activating group) is 1. The molecule has 24 heavy (non-hydrogen) atoms. The summed E-state index contributed by atoms with van der Waals surface area (Å²) in [5, 5.41) is 11.1. The van der Waals surface area contributed by atoms with Crippen molar-refractivity contribution in [2.45, 2.75) is 19.1 Å². The second-order valence-electron chi connectivity index (χ2n) is 5.87. The van der Waals surface area contributed by atoms with Crippen LogP contribution in [0.2, 0.25) is 0 Å². The van der Waals surface area contributed by atoms with E-state index in [1.807, 2.05) is 18.2 Å². The van der Waals surface area contributed by atoms with Gasteiger partial charge < -0.3 is 9.64 Å². The zero-order valence-electron chi connectivity index (χ0n) is 13.3. The highest BCUT2D eigenvalue weighted by Gasteiger charge is 2.26. The Morgan fingerprint density at radius 2 is 1.88 bits per heavy atom. The molecule has 3 rings (SSSR count). The number of hydrogen-bond acceptors (Lipinski definition) is 4. The molecule has 0 saturated carbocycles. The van der Waals surface area contributed by atoms with Crippen LogP contribution in [-0.2, 0) is 17.8 Å². The number of para-hydroxylation sites is 1. The van der Waals surface area contributed by atoms with Gasteiger partial charge >= 0.3 is 0 Å². The van der Waals surface area contributed by atoms with Crippen molar-refractivity contribution in [3.63, 3.8) is 0 Å². The quantitative estimate of drug-likeness (QED) is 0.640. The molecule has 1 aliphatic rings. The summed E-state index contributed by atoms with van der Waals surface area (Å²) in [5.41, 5.74) is 2.31. The van der Waals surface area contributed by atoms with Crippen LogP contribution in [0.1, 0.15) is 21.5 Å². The molecule has 2 aromatic carbocycles. The highest BCUT2D eigenvalue weighted by Crippen LogP contribution is 2.22. The summed E-state index contributed by atoms with van der Waals surface area (Å²) >= 11 is 0. The van der Waals surface area contributed by atoms with Crippen molar-refractivity contribution in [1.82, 2.24) is 4.90 Å². The Kier molecular flexibility index (Phi) is 4.57. The van der Waals surface area contributed by atoms with Crippen molar-refractivity contribution in [2.24, 2.45) is 0 Å². The Hall–Kier alpha value is -2.73. The number of rotatable bonds is 4. The van der Waals surface area contributed by atoms with Gasteiger partial charge in [0.05, 0.1) is 17.6 Å². The van der Waals surface area contributed by atoms with E-state index in [1.54, 1.807) is 19.2 Å². The van der Waals surface area contributed by atoms with Gasteiger partial charge in [0.25, 0.3) is 11.6 Å². The van der Waals surface area contributed by atoms with Crippen LogP contribution in [0.3, 0.4) is 0 Å². The summed E-state index contributed by atoms with van der Waals surface area (Å²) in [6.07, 6.45) is 0.613. The first kappa shape index (κ1) is 16.1. The van der Waals surface area contributed by atoms with Crippen molar-refractivity contribution in [3.8, 4) is 0 Å². The van der Waals surface area contributed by atoms with E-state index in [1.165, 1.54) is 28.2 Å². The fourth-order valence-electron chi connectivity index (χ4n) is 2.93. The first-order chi connectivity index (χ1) is 11.6. The standard InChI is InChI=1S/C18H18N2O4/c1-19(18(21)16-8-4-5-9-17(16)20(22)23)11-15-10-13-6-2-3-7-14(13)12-24-15/h2-9,15H,10-12H2,1H3. The molecule has 2 aromatic rings. The number of nitro groups is 1. The molecule has 1 heterocycles. The minimum Gasteiger partial charge on any atom is -0.371 e. The molecule has 0 spiro atoms. The van der Waals surface area contributed by atoms with Gasteiger partial charge in [0, 0.05) is 26.1 Å². The predicted octanol–water partition coefficient (Wildman–Crippen LogP) is 2.81. The minimum absolute atomic E-state index is 0.0983. The number of hydrogen-bond donors (Lipinski definition) is 0. The third kappa shape index (κ3) is 3.28. The van der Waals surface area contributed by atoms with E-state index in [0.29, 0.717) is 13.2 Å². The number of nitro benzene ring substituents is 1. The van der Waals surface area contributed by atoms with Crippen LogP contribution in [0.4, 0.5) is 5.69 Å². The lowest BCUT2D eigenvalue weighted by Gasteiger charge is -2.29. The monoisotopic (exact) mass is 326 g/mol. The maximum Gasteiger partial charge on any atom is 0.282 e. The van der Waals surface area contributed by atoms with E-state index in [2.05, 4.69) is 6.07 Å². The molecule has 1 aliphatic heterocycles. The van der Waals surface area contributed by atoms with Crippen molar-refractivity contribution in [1.29, 1.82) is 0 Å². The van der Waals surface area contributed by atoms with E-state index in [9.17, 15) is 14.9 Å². The molecule has 0 fully saturated rings. The molecule has 1 atom stereocenters. The van der Waals surface area contributed by atoms with E-state index < -0.39 is 4.92 Å². The van der Waals surface area contributed by atoms with E-state index >= 15 is 0 Å². The predicted molar refractivity (Wildman–Crippen MR) is 88.8 cm³/mol. The van der Waals surface area contributed by atoms with Gasteiger partial charge in [0.1, 0.15) is 5.56 Å². The van der Waals surface area contributed by atoms with Crippen LogP contribution >= 0.6 is 0 Å². The average molecular weight is 326 g/mol. The third-order valence-electron chi connectivity index (χ3n) is 4.20. The molecular weight excluding hydrogens is 308 g/mol. The normalized spacial score (nSPS) is 16.3. The van der Waals surface area contributed by atoms with Crippen LogP contribution in [0, 0.1) is 10.1 Å². The lowest BCUT2D eigenvalue weighted by molar-refractivity contribution is -0.385. The molecule has 1 amide bonds. The lowest BCUT2D eigenvalue weighted by Crippen LogP contribution is -2.38. The lowest BCUT2D eigenvalue weighted by atomic mass is 9.99. The Labute approximate surface area is 139 Å². The molecule has 0 N–H and O–H groups in total. The summed E-state index contributed by atoms with van der Waals surface area (Å²) in [6.45, 7) is 0.910. The molecule has 0 aliphatic carbocycles. The zero-order valence-corrected chi connectivity index (χ0v) is 13.3. The fraction of sp³-hybridized carbons (Fsp3) is 0.278. The molecule has 0 bridgehead atoms. The molecular formula is C18H18N2O4. The first-order valence-corrected chi connectivity index (χ1v) is 7.73. The van der Waals surface area contributed by atoms with Crippen LogP contribution in [0.25, 0.3) is 0 Å². The Bertz CT molecular complexity index is 775. The molecule has 1 unspecified atom stereocenters. The van der Waals surface area contributed by atoms with Crippen LogP contribution < -0.4 is 0 Å². The number of carbonyl (C=O) groups excluding carboxylic acids is 1. The zero-order chi connectivity index (χ0) is 17.1. The fourth-order valence-corrected chi connectivity index (χ4v) is 2.93. The topological polar surface area (TPSA) is 72.7 Å². The van der Waals surface area contributed by atoms with Gasteiger partial charge in [-0.05, 0) is 17.2 Å². The highest BCUT2D eigenvalue weighted by atomic mass is 16.6. The van der Waals surface area contributed by atoms with Gasteiger partial charge in [0.15, 0.2) is 0 Å². The second-order valence-corrected chi connectivity index (χ2v) is 5.87. The number of ether oxygens (including phenoxy) is 1. The summed E-state index contributed by atoms with van der Waals surface area (Å²) in [5.74, 6) is -0.371. The van der Waals surface area contributed by atoms with Crippen molar-refractivity contribution in [3.05, 3.63) is 75.3 Å². The summed E-state index contributed by atoms with van der Waals surface area (Å²) in [6, 6.07) is 14.1. The Balaban J connectivity index is 1.71. The smallest absolute Gasteiger partial charge is 0.282 e. The maximum absolute atomic E-state index is 12.6. The maximum atomic E-state index is 12.6. The molecule has 0 saturated heterocycles. The minimum atomic E-state index is -0.533. The largest absolute Gasteiger partial charge is 0.371 e. The van der Waals surface area contributed by atoms with Gasteiger partial charge in [0.2, 0.25) is 0 Å². The number of amides is 1. The van der Waals surface area contributed by atoms with Crippen LogP contribution in [-0.4, -0.2) is 35.4 Å². The van der Waals surface area contributed by atoms with Crippen molar-refractivity contribution >= 4 is 11.6 Å². The first-order valence-electron chi connectivity index (χ1n) is 7.73. The number of fused-ring (bicyclic) bond motifs is 1. The Morgan fingerprint density at radius 3 is 2.62 bits per heavy atom. The molecule has 0 radical (unpaired) electrons. The number of benzene rings is 2. The molecule has 0 aromatic heterocycles. The van der Waals surface area contributed by atoms with Gasteiger partial charge in [-0.15, -0.1) is 0 Å². The number of carbonyl (C=O) groups is 1. The van der Waals surface area contributed by atoms with Gasteiger partial charge in [-0.2, -0.15) is 0 Å². The molecule has 124 valence electrons. The second kappa shape index (κ2) is 6.80. The van der Waals surface area contributed by atoms with E-state index in [-0.39, 0.29) is 23.3 Å². The Morgan fingerprint density at radius 1 is 1.21 bits per heavy atom. The van der Waals surface area contributed by atoms with Crippen molar-refractivity contribution < 1.29 is 14.5 Å². The van der Waals surface area contributed by atoms with Crippen molar-refractivity contribution in [2.75, 3.05) is 13.6 Å². The third-order valence-corrected chi connectivity index (χ3v) is 4.20. The van der Waals surface area contributed by atoms with E-state index in [0.717, 1.165) is 6.42 Å². The van der Waals surface area contributed by atoms with Gasteiger partial charge in [-0.25, -0.2) is 0 Å². The number of nitrogens with zero attached hydrogens (tertiary/aromatic N) is 2. The highest BCUT2D eigenvalue weighted by molar-refractivity contribution is 5.98. The van der Waals surface area contributed by atoms with Crippen LogP contribution in [0.15, 0.2) is 48.5 Å². The summed E-state index contributed by atoms with van der Waals surface area (Å²) in [4.78, 5) is 24.6. The van der Waals surface area contributed by atoms with Gasteiger partial charge in [-0.3, -0.25) is 14.9 Å². The summed E-state index contributed by atoms with van der Waals surface area (Å²) in [7, 11) is 1.64. The summed E-state index contributed by atoms with van der Waals surface area (Å²) < 4.78 is 5.81. The molecule has 6 heteroatoms.